The number of amides is 1. The Balaban J connectivity index is 2.01. The minimum atomic E-state index is -1.00. The molecule has 0 bridgehead atoms. The number of carbonyl (C=O) groups is 2. The maximum absolute atomic E-state index is 11.7. The molecule has 0 atom stereocenters. The number of carbonyl (C=O) groups excluding carboxylic acids is 1. The van der Waals surface area contributed by atoms with Gasteiger partial charge in [0.15, 0.2) is 0 Å². The normalized spacial score (nSPS) is 10.4. The smallest absolute Gasteiger partial charge is 0.347 e. The van der Waals surface area contributed by atoms with E-state index in [9.17, 15) is 9.59 Å². The lowest BCUT2D eigenvalue weighted by Crippen LogP contribution is -2.23. The van der Waals surface area contributed by atoms with Gasteiger partial charge >= 0.3 is 5.97 Å². The van der Waals surface area contributed by atoms with Crippen molar-refractivity contribution in [3.63, 3.8) is 0 Å². The lowest BCUT2D eigenvalue weighted by Gasteiger charge is -1.99. The van der Waals surface area contributed by atoms with Crippen LogP contribution in [0.15, 0.2) is 12.5 Å². The highest BCUT2D eigenvalue weighted by Gasteiger charge is 2.15. The van der Waals surface area contributed by atoms with E-state index in [-0.39, 0.29) is 17.3 Å². The first kappa shape index (κ1) is 13.2. The Hall–Kier alpha value is -2.22. The molecule has 8 heteroatoms. The zero-order valence-corrected chi connectivity index (χ0v) is 11.2. The molecule has 100 valence electrons. The summed E-state index contributed by atoms with van der Waals surface area (Å²) < 4.78 is 1.67. The molecule has 0 spiro atoms. The first-order valence-electron chi connectivity index (χ1n) is 5.43. The van der Waals surface area contributed by atoms with E-state index in [1.165, 1.54) is 6.33 Å². The van der Waals surface area contributed by atoms with E-state index < -0.39 is 5.97 Å². The van der Waals surface area contributed by atoms with Gasteiger partial charge in [-0.1, -0.05) is 0 Å². The van der Waals surface area contributed by atoms with Crippen LogP contribution in [0.2, 0.25) is 0 Å². The number of imidazole rings is 1. The summed E-state index contributed by atoms with van der Waals surface area (Å²) in [5.74, 6) is -1.32. The van der Waals surface area contributed by atoms with E-state index in [1.54, 1.807) is 24.7 Å². The molecule has 2 rings (SSSR count). The number of nitrogens with zero attached hydrogens (tertiary/aromatic N) is 3. The molecule has 0 aromatic carbocycles. The quantitative estimate of drug-likeness (QED) is 0.864. The molecule has 2 heterocycles. The minimum Gasteiger partial charge on any atom is -0.477 e. The summed E-state index contributed by atoms with van der Waals surface area (Å²) in [6.45, 7) is 1.82. The average molecular weight is 280 g/mol. The second-order valence-electron chi connectivity index (χ2n) is 3.93. The Bertz CT molecular complexity index is 632. The van der Waals surface area contributed by atoms with Gasteiger partial charge in [0.05, 0.1) is 18.6 Å². The molecule has 0 aliphatic rings. The Kier molecular flexibility index (Phi) is 3.61. The van der Waals surface area contributed by atoms with Crippen LogP contribution < -0.4 is 5.32 Å². The SMILES string of the molecule is Cc1nc(CNC(=O)c2cn(C)cn2)sc1C(=O)O. The van der Waals surface area contributed by atoms with Crippen molar-refractivity contribution in [3.05, 3.63) is 33.8 Å². The number of nitrogens with one attached hydrogen (secondary N) is 1. The summed E-state index contributed by atoms with van der Waals surface area (Å²) in [6, 6.07) is 0. The van der Waals surface area contributed by atoms with Crippen molar-refractivity contribution in [2.24, 2.45) is 7.05 Å². The summed E-state index contributed by atoms with van der Waals surface area (Å²) in [5.41, 5.74) is 0.772. The molecule has 1 amide bonds. The van der Waals surface area contributed by atoms with Crippen LogP contribution in [0.3, 0.4) is 0 Å². The van der Waals surface area contributed by atoms with Crippen LogP contribution in [-0.4, -0.2) is 31.5 Å². The van der Waals surface area contributed by atoms with Crippen molar-refractivity contribution >= 4 is 23.2 Å². The molecular weight excluding hydrogens is 268 g/mol. The predicted molar refractivity (Wildman–Crippen MR) is 68.2 cm³/mol. The molecule has 0 saturated heterocycles. The first-order valence-corrected chi connectivity index (χ1v) is 6.25. The summed E-state index contributed by atoms with van der Waals surface area (Å²) >= 11 is 1.06. The van der Waals surface area contributed by atoms with E-state index in [1.807, 2.05) is 0 Å². The van der Waals surface area contributed by atoms with E-state index in [0.717, 1.165) is 11.3 Å². The topological polar surface area (TPSA) is 97.1 Å². The molecule has 0 aliphatic heterocycles. The molecule has 0 radical (unpaired) electrons. The van der Waals surface area contributed by atoms with Gasteiger partial charge in [-0.3, -0.25) is 4.79 Å². The highest BCUT2D eigenvalue weighted by molar-refractivity contribution is 7.13. The Morgan fingerprint density at radius 1 is 1.53 bits per heavy atom. The summed E-state index contributed by atoms with van der Waals surface area (Å²) in [5, 5.41) is 12.1. The molecule has 2 N–H and O–H groups in total. The summed E-state index contributed by atoms with van der Waals surface area (Å²) in [6.07, 6.45) is 3.14. The molecule has 0 saturated carbocycles. The average Bonchev–Trinajstić information content (AvgIpc) is 2.92. The molecule has 19 heavy (non-hydrogen) atoms. The van der Waals surface area contributed by atoms with E-state index in [4.69, 9.17) is 5.11 Å². The Morgan fingerprint density at radius 2 is 2.26 bits per heavy atom. The van der Waals surface area contributed by atoms with Gasteiger partial charge in [-0.25, -0.2) is 14.8 Å². The van der Waals surface area contributed by atoms with Crippen LogP contribution >= 0.6 is 11.3 Å². The third-order valence-electron chi connectivity index (χ3n) is 2.37. The van der Waals surface area contributed by atoms with E-state index in [0.29, 0.717) is 16.4 Å². The monoisotopic (exact) mass is 280 g/mol. The van der Waals surface area contributed by atoms with Crippen LogP contribution in [-0.2, 0) is 13.6 Å². The molecule has 0 unspecified atom stereocenters. The fourth-order valence-corrected chi connectivity index (χ4v) is 2.35. The van der Waals surface area contributed by atoms with Gasteiger partial charge in [-0.05, 0) is 6.92 Å². The number of carboxylic acids is 1. The molecule has 2 aromatic heterocycles. The molecular formula is C11H12N4O3S. The number of carboxylic acid groups (broad SMARTS) is 1. The zero-order chi connectivity index (χ0) is 14.0. The number of aromatic nitrogens is 3. The van der Waals surface area contributed by atoms with Gasteiger partial charge < -0.3 is 15.0 Å². The van der Waals surface area contributed by atoms with E-state index >= 15 is 0 Å². The molecule has 7 nitrogen and oxygen atoms in total. The van der Waals surface area contributed by atoms with Crippen LogP contribution in [0.4, 0.5) is 0 Å². The number of aryl methyl sites for hydroxylation is 2. The van der Waals surface area contributed by atoms with Gasteiger partial charge in [-0.2, -0.15) is 0 Å². The van der Waals surface area contributed by atoms with Crippen molar-refractivity contribution in [2.45, 2.75) is 13.5 Å². The zero-order valence-electron chi connectivity index (χ0n) is 10.4. The van der Waals surface area contributed by atoms with Crippen molar-refractivity contribution < 1.29 is 14.7 Å². The van der Waals surface area contributed by atoms with Crippen LogP contribution in [0, 0.1) is 6.92 Å². The van der Waals surface area contributed by atoms with Crippen molar-refractivity contribution in [2.75, 3.05) is 0 Å². The predicted octanol–water partition coefficient (Wildman–Crippen LogP) is 0.813. The third-order valence-corrected chi connectivity index (χ3v) is 3.52. The Labute approximate surface area is 112 Å². The standard InChI is InChI=1S/C11H12N4O3S/c1-6-9(11(17)18)19-8(14-6)3-12-10(16)7-4-15(2)5-13-7/h4-5H,3H2,1-2H3,(H,12,16)(H,17,18). The van der Waals surface area contributed by atoms with Crippen molar-refractivity contribution in [1.29, 1.82) is 0 Å². The first-order chi connectivity index (χ1) is 8.97. The highest BCUT2D eigenvalue weighted by Crippen LogP contribution is 2.17. The maximum atomic E-state index is 11.7. The van der Waals surface area contributed by atoms with Gasteiger partial charge in [0.25, 0.3) is 5.91 Å². The van der Waals surface area contributed by atoms with Crippen molar-refractivity contribution in [1.82, 2.24) is 19.9 Å². The van der Waals surface area contributed by atoms with Gasteiger partial charge in [-0.15, -0.1) is 11.3 Å². The van der Waals surface area contributed by atoms with E-state index in [2.05, 4.69) is 15.3 Å². The molecule has 0 aliphatic carbocycles. The van der Waals surface area contributed by atoms with Gasteiger partial charge in [0.1, 0.15) is 15.6 Å². The highest BCUT2D eigenvalue weighted by atomic mass is 32.1. The number of rotatable bonds is 4. The largest absolute Gasteiger partial charge is 0.477 e. The van der Waals surface area contributed by atoms with Gasteiger partial charge in [0, 0.05) is 13.2 Å². The number of hydrogen-bond donors (Lipinski definition) is 2. The third kappa shape index (κ3) is 2.97. The minimum absolute atomic E-state index is 0.189. The number of aromatic carboxylic acids is 1. The maximum Gasteiger partial charge on any atom is 0.347 e. The van der Waals surface area contributed by atoms with Gasteiger partial charge in [0.2, 0.25) is 0 Å². The lowest BCUT2D eigenvalue weighted by atomic mass is 10.4. The fourth-order valence-electron chi connectivity index (χ4n) is 1.50. The van der Waals surface area contributed by atoms with Crippen LogP contribution in [0.5, 0.6) is 0 Å². The van der Waals surface area contributed by atoms with Crippen LogP contribution in [0.25, 0.3) is 0 Å². The van der Waals surface area contributed by atoms with Crippen molar-refractivity contribution in [3.8, 4) is 0 Å². The Morgan fingerprint density at radius 3 is 2.79 bits per heavy atom. The van der Waals surface area contributed by atoms with Crippen LogP contribution in [0.1, 0.15) is 30.9 Å². The number of thiazole rings is 1. The second-order valence-corrected chi connectivity index (χ2v) is 5.02. The lowest BCUT2D eigenvalue weighted by molar-refractivity contribution is 0.0701. The molecule has 2 aromatic rings. The summed E-state index contributed by atoms with van der Waals surface area (Å²) in [4.78, 5) is 30.8. The number of hydrogen-bond acceptors (Lipinski definition) is 5. The second kappa shape index (κ2) is 5.19. The summed E-state index contributed by atoms with van der Waals surface area (Å²) in [7, 11) is 1.77. The molecule has 0 fully saturated rings. The fraction of sp³-hybridized carbons (Fsp3) is 0.273.